The zero-order valence-corrected chi connectivity index (χ0v) is 11.2. The lowest BCUT2D eigenvalue weighted by Gasteiger charge is -2.05. The summed E-state index contributed by atoms with van der Waals surface area (Å²) >= 11 is 3.35. The Morgan fingerprint density at radius 2 is 2.29 bits per heavy atom. The molecule has 2 rings (SSSR count). The van der Waals surface area contributed by atoms with Crippen LogP contribution >= 0.6 is 15.9 Å². The molecule has 0 saturated carbocycles. The molecule has 0 aliphatic carbocycles. The van der Waals surface area contributed by atoms with Gasteiger partial charge >= 0.3 is 0 Å². The predicted octanol–water partition coefficient (Wildman–Crippen LogP) is 2.32. The molecule has 6 heteroatoms. The molecule has 2 aromatic rings. The molecule has 0 spiro atoms. The van der Waals surface area contributed by atoms with Crippen molar-refractivity contribution in [2.24, 2.45) is 0 Å². The maximum atomic E-state index is 4.29. The number of H-pyrrole nitrogens is 1. The van der Waals surface area contributed by atoms with Gasteiger partial charge in [0.05, 0.1) is 0 Å². The van der Waals surface area contributed by atoms with E-state index in [2.05, 4.69) is 41.2 Å². The van der Waals surface area contributed by atoms with E-state index in [1.165, 1.54) is 0 Å². The van der Waals surface area contributed by atoms with Gasteiger partial charge < -0.3 is 10.3 Å². The standard InChI is InChI=1S/C11H14BrN5/c1-8-16-9(12)7-11(17-8)13-4-2-3-10-14-5-6-15-10/h5-7H,2-4H2,1H3,(H,14,15)(H,13,16,17). The third-order valence-corrected chi connectivity index (χ3v) is 2.66. The summed E-state index contributed by atoms with van der Waals surface area (Å²) in [4.78, 5) is 15.7. The zero-order chi connectivity index (χ0) is 12.1. The second-order valence-corrected chi connectivity index (χ2v) is 4.50. The first-order valence-corrected chi connectivity index (χ1v) is 6.26. The predicted molar refractivity (Wildman–Crippen MR) is 69.9 cm³/mol. The summed E-state index contributed by atoms with van der Waals surface area (Å²) in [5, 5.41) is 3.27. The number of aryl methyl sites for hydroxylation is 2. The van der Waals surface area contributed by atoms with E-state index in [4.69, 9.17) is 0 Å². The van der Waals surface area contributed by atoms with Gasteiger partial charge in [0, 0.05) is 31.4 Å². The summed E-state index contributed by atoms with van der Waals surface area (Å²) in [5.41, 5.74) is 0. The molecular weight excluding hydrogens is 282 g/mol. The molecule has 0 aliphatic rings. The zero-order valence-electron chi connectivity index (χ0n) is 9.57. The fourth-order valence-electron chi connectivity index (χ4n) is 1.53. The molecule has 0 unspecified atom stereocenters. The van der Waals surface area contributed by atoms with Gasteiger partial charge in [0.1, 0.15) is 22.1 Å². The first-order valence-electron chi connectivity index (χ1n) is 5.47. The number of hydrogen-bond acceptors (Lipinski definition) is 4. The molecule has 0 aliphatic heterocycles. The summed E-state index contributed by atoms with van der Waals surface area (Å²) in [6.07, 6.45) is 5.56. The van der Waals surface area contributed by atoms with Crippen molar-refractivity contribution in [3.05, 3.63) is 34.7 Å². The van der Waals surface area contributed by atoms with Crippen LogP contribution in [0.15, 0.2) is 23.1 Å². The van der Waals surface area contributed by atoms with Crippen molar-refractivity contribution in [2.45, 2.75) is 19.8 Å². The summed E-state index contributed by atoms with van der Waals surface area (Å²) in [5.74, 6) is 2.63. The van der Waals surface area contributed by atoms with Crippen molar-refractivity contribution in [3.63, 3.8) is 0 Å². The number of aromatic nitrogens is 4. The number of imidazole rings is 1. The largest absolute Gasteiger partial charge is 0.370 e. The van der Waals surface area contributed by atoms with Crippen LogP contribution in [0.1, 0.15) is 18.1 Å². The highest BCUT2D eigenvalue weighted by Crippen LogP contribution is 2.11. The van der Waals surface area contributed by atoms with Gasteiger partial charge in [-0.05, 0) is 29.3 Å². The quantitative estimate of drug-likeness (QED) is 0.656. The van der Waals surface area contributed by atoms with E-state index in [-0.39, 0.29) is 0 Å². The van der Waals surface area contributed by atoms with Crippen LogP contribution in [0.4, 0.5) is 5.82 Å². The van der Waals surface area contributed by atoms with Crippen LogP contribution in [0.5, 0.6) is 0 Å². The van der Waals surface area contributed by atoms with Gasteiger partial charge in [-0.25, -0.2) is 15.0 Å². The Hall–Kier alpha value is -1.43. The summed E-state index contributed by atoms with van der Waals surface area (Å²) < 4.78 is 0.804. The van der Waals surface area contributed by atoms with Crippen molar-refractivity contribution in [1.82, 2.24) is 19.9 Å². The van der Waals surface area contributed by atoms with Crippen LogP contribution in [-0.2, 0) is 6.42 Å². The van der Waals surface area contributed by atoms with Crippen molar-refractivity contribution in [2.75, 3.05) is 11.9 Å². The lowest BCUT2D eigenvalue weighted by molar-refractivity contribution is 0.812. The van der Waals surface area contributed by atoms with Crippen molar-refractivity contribution in [3.8, 4) is 0 Å². The molecule has 17 heavy (non-hydrogen) atoms. The Kier molecular flexibility index (Phi) is 4.08. The van der Waals surface area contributed by atoms with Gasteiger partial charge in [0.15, 0.2) is 0 Å². The number of hydrogen-bond donors (Lipinski definition) is 2. The molecule has 0 bridgehead atoms. The average Bonchev–Trinajstić information content (AvgIpc) is 2.76. The van der Waals surface area contributed by atoms with Gasteiger partial charge in [0.2, 0.25) is 0 Å². The summed E-state index contributed by atoms with van der Waals surface area (Å²) in [6.45, 7) is 2.74. The molecular formula is C11H14BrN5. The van der Waals surface area contributed by atoms with Crippen LogP contribution in [0.3, 0.4) is 0 Å². The fraction of sp³-hybridized carbons (Fsp3) is 0.364. The van der Waals surface area contributed by atoms with Crippen molar-refractivity contribution >= 4 is 21.7 Å². The minimum atomic E-state index is 0.757. The van der Waals surface area contributed by atoms with Gasteiger partial charge in [-0.3, -0.25) is 0 Å². The monoisotopic (exact) mass is 295 g/mol. The molecule has 0 aromatic carbocycles. The van der Waals surface area contributed by atoms with Crippen molar-refractivity contribution in [1.29, 1.82) is 0 Å². The maximum Gasteiger partial charge on any atom is 0.130 e. The Morgan fingerprint density at radius 3 is 3.00 bits per heavy atom. The topological polar surface area (TPSA) is 66.5 Å². The molecule has 0 amide bonds. The Bertz CT molecular complexity index is 448. The first kappa shape index (κ1) is 12.0. The smallest absolute Gasteiger partial charge is 0.130 e. The normalized spacial score (nSPS) is 10.5. The minimum Gasteiger partial charge on any atom is -0.370 e. The van der Waals surface area contributed by atoms with E-state index in [1.54, 1.807) is 6.20 Å². The van der Waals surface area contributed by atoms with Gasteiger partial charge in [-0.2, -0.15) is 0 Å². The molecule has 0 fully saturated rings. The van der Waals surface area contributed by atoms with E-state index in [1.807, 2.05) is 19.2 Å². The van der Waals surface area contributed by atoms with E-state index < -0.39 is 0 Å². The molecule has 5 nitrogen and oxygen atoms in total. The first-order chi connectivity index (χ1) is 8.24. The second-order valence-electron chi connectivity index (χ2n) is 3.69. The summed E-state index contributed by atoms with van der Waals surface area (Å²) in [6, 6.07) is 1.87. The molecule has 2 aromatic heterocycles. The number of halogens is 1. The number of anilines is 1. The Morgan fingerprint density at radius 1 is 1.41 bits per heavy atom. The molecule has 0 radical (unpaired) electrons. The van der Waals surface area contributed by atoms with E-state index in [0.717, 1.165) is 41.5 Å². The van der Waals surface area contributed by atoms with E-state index in [9.17, 15) is 0 Å². The van der Waals surface area contributed by atoms with Crippen LogP contribution in [0, 0.1) is 6.92 Å². The fourth-order valence-corrected chi connectivity index (χ4v) is 2.00. The Balaban J connectivity index is 1.78. The Labute approximate surface area is 108 Å². The van der Waals surface area contributed by atoms with Gasteiger partial charge in [0.25, 0.3) is 0 Å². The number of nitrogens with zero attached hydrogens (tertiary/aromatic N) is 3. The minimum absolute atomic E-state index is 0.757. The SMILES string of the molecule is Cc1nc(Br)cc(NCCCc2ncc[nH]2)n1. The molecule has 0 atom stereocenters. The number of nitrogens with one attached hydrogen (secondary N) is 2. The van der Waals surface area contributed by atoms with Crippen LogP contribution in [0.25, 0.3) is 0 Å². The lowest BCUT2D eigenvalue weighted by atomic mass is 10.3. The summed E-state index contributed by atoms with van der Waals surface area (Å²) in [7, 11) is 0. The molecule has 2 N–H and O–H groups in total. The highest BCUT2D eigenvalue weighted by atomic mass is 79.9. The molecule has 0 saturated heterocycles. The van der Waals surface area contributed by atoms with Gasteiger partial charge in [-0.15, -0.1) is 0 Å². The van der Waals surface area contributed by atoms with Crippen molar-refractivity contribution < 1.29 is 0 Å². The highest BCUT2D eigenvalue weighted by molar-refractivity contribution is 9.10. The van der Waals surface area contributed by atoms with E-state index >= 15 is 0 Å². The number of aromatic amines is 1. The van der Waals surface area contributed by atoms with Crippen LogP contribution < -0.4 is 5.32 Å². The molecule has 90 valence electrons. The van der Waals surface area contributed by atoms with Crippen LogP contribution in [-0.4, -0.2) is 26.5 Å². The van der Waals surface area contributed by atoms with E-state index in [0.29, 0.717) is 0 Å². The second kappa shape index (κ2) is 5.77. The average molecular weight is 296 g/mol. The lowest BCUT2D eigenvalue weighted by Crippen LogP contribution is -2.06. The maximum absolute atomic E-state index is 4.29. The van der Waals surface area contributed by atoms with Gasteiger partial charge in [-0.1, -0.05) is 0 Å². The third-order valence-electron chi connectivity index (χ3n) is 2.26. The number of rotatable bonds is 5. The van der Waals surface area contributed by atoms with Crippen LogP contribution in [0.2, 0.25) is 0 Å². The third kappa shape index (κ3) is 3.81. The molecule has 2 heterocycles. The highest BCUT2D eigenvalue weighted by Gasteiger charge is 1.99.